The first kappa shape index (κ1) is 25.8. The molecule has 0 fully saturated rings. The van der Waals surface area contributed by atoms with Crippen LogP contribution < -0.4 is 4.74 Å². The van der Waals surface area contributed by atoms with E-state index in [2.05, 4.69) is 25.7 Å². The van der Waals surface area contributed by atoms with Crippen LogP contribution in [-0.4, -0.2) is 39.0 Å². The first-order valence-corrected chi connectivity index (χ1v) is 11.9. The van der Waals surface area contributed by atoms with Crippen molar-refractivity contribution in [3.63, 3.8) is 0 Å². The van der Waals surface area contributed by atoms with Crippen molar-refractivity contribution in [3.05, 3.63) is 65.7 Å². The van der Waals surface area contributed by atoms with E-state index in [0.717, 1.165) is 48.7 Å². The fourth-order valence-electron chi connectivity index (χ4n) is 4.09. The van der Waals surface area contributed by atoms with Crippen LogP contribution in [-0.2, 0) is 13.6 Å². The minimum atomic E-state index is -0.776. The molecule has 0 amide bonds. The van der Waals surface area contributed by atoms with Crippen LogP contribution in [0.1, 0.15) is 45.6 Å². The van der Waals surface area contributed by atoms with Crippen molar-refractivity contribution < 1.29 is 18.6 Å². The zero-order valence-electron chi connectivity index (χ0n) is 20.5. The summed E-state index contributed by atoms with van der Waals surface area (Å²) >= 11 is 0. The number of unbranched alkanes of at least 4 members (excludes halogenated alkanes) is 1. The van der Waals surface area contributed by atoms with Crippen molar-refractivity contribution in [3.8, 4) is 22.9 Å². The zero-order valence-corrected chi connectivity index (χ0v) is 20.5. The molecule has 34 heavy (non-hydrogen) atoms. The fourth-order valence-corrected chi connectivity index (χ4v) is 4.09. The lowest BCUT2D eigenvalue weighted by Gasteiger charge is -2.27. The van der Waals surface area contributed by atoms with Gasteiger partial charge in [0, 0.05) is 38.3 Å². The van der Waals surface area contributed by atoms with Gasteiger partial charge in [-0.05, 0) is 24.5 Å². The summed E-state index contributed by atoms with van der Waals surface area (Å²) in [6.45, 7) is 8.15. The molecule has 184 valence electrons. The third-order valence-corrected chi connectivity index (χ3v) is 5.60. The van der Waals surface area contributed by atoms with Gasteiger partial charge in [-0.1, -0.05) is 63.9 Å². The Hall–Kier alpha value is -2.77. The Morgan fingerprint density at radius 2 is 1.82 bits per heavy atom. The van der Waals surface area contributed by atoms with Crippen molar-refractivity contribution in [2.45, 2.75) is 52.7 Å². The lowest BCUT2D eigenvalue weighted by Crippen LogP contribution is -2.35. The van der Waals surface area contributed by atoms with Crippen LogP contribution in [0.5, 0.6) is 11.6 Å². The molecule has 0 saturated carbocycles. The van der Waals surface area contributed by atoms with E-state index in [1.165, 1.54) is 12.1 Å². The molecule has 1 heterocycles. The van der Waals surface area contributed by atoms with E-state index in [4.69, 9.17) is 9.84 Å². The third kappa shape index (κ3) is 6.87. The highest BCUT2D eigenvalue weighted by atomic mass is 19.1. The molecule has 3 aromatic rings. The molecule has 1 N–H and O–H groups in total. The number of hydrogen-bond donors (Lipinski definition) is 1. The van der Waals surface area contributed by atoms with Gasteiger partial charge < -0.3 is 9.84 Å². The molecule has 0 aliphatic heterocycles. The normalized spacial score (nSPS) is 12.5. The summed E-state index contributed by atoms with van der Waals surface area (Å²) in [6.07, 6.45) is 2.31. The highest BCUT2D eigenvalue weighted by Crippen LogP contribution is 2.35. The number of aliphatic hydroxyl groups is 1. The quantitative estimate of drug-likeness (QED) is 0.343. The van der Waals surface area contributed by atoms with E-state index < -0.39 is 17.7 Å². The van der Waals surface area contributed by atoms with Crippen LogP contribution in [0.25, 0.3) is 11.3 Å². The lowest BCUT2D eigenvalue weighted by atomic mass is 10.1. The van der Waals surface area contributed by atoms with Crippen molar-refractivity contribution >= 4 is 0 Å². The van der Waals surface area contributed by atoms with Crippen molar-refractivity contribution in [2.24, 2.45) is 13.0 Å². The molecule has 0 aliphatic rings. The van der Waals surface area contributed by atoms with Crippen LogP contribution in [0.4, 0.5) is 8.78 Å². The second-order valence-electron chi connectivity index (χ2n) is 9.18. The maximum absolute atomic E-state index is 14.4. The van der Waals surface area contributed by atoms with Crippen LogP contribution >= 0.6 is 0 Å². The Balaban J connectivity index is 2.00. The summed E-state index contributed by atoms with van der Waals surface area (Å²) in [7, 11) is 1.75. The summed E-state index contributed by atoms with van der Waals surface area (Å²) in [5, 5.41) is 15.3. The van der Waals surface area contributed by atoms with Crippen molar-refractivity contribution in [2.75, 3.05) is 13.1 Å². The second kappa shape index (κ2) is 12.1. The number of aliphatic hydroxyl groups excluding tert-OH is 1. The minimum Gasteiger partial charge on any atom is -0.436 e. The molecule has 0 spiro atoms. The average molecular weight is 472 g/mol. The third-order valence-electron chi connectivity index (χ3n) is 5.60. The Morgan fingerprint density at radius 1 is 1.09 bits per heavy atom. The number of aryl methyl sites for hydroxylation is 1. The summed E-state index contributed by atoms with van der Waals surface area (Å²) in [6, 6.07) is 13.0. The molecule has 2 aromatic carbocycles. The average Bonchev–Trinajstić information content (AvgIpc) is 3.09. The first-order valence-electron chi connectivity index (χ1n) is 11.9. The standard InChI is InChI=1S/C27H35F2N3O2/c1-5-6-12-22(33)17-32(16-19(2)3)18-23-26(20-10-8-7-9-11-20)30-31(4)27(23)34-25-14-13-21(28)15-24(25)29/h7-11,13-15,19,22,33H,5-6,12,16-18H2,1-4H3/t22-/m1/s1. The predicted molar refractivity (Wildman–Crippen MR) is 131 cm³/mol. The largest absolute Gasteiger partial charge is 0.436 e. The van der Waals surface area contributed by atoms with E-state index in [9.17, 15) is 13.9 Å². The Labute approximate surface area is 201 Å². The maximum atomic E-state index is 14.4. The molecule has 0 bridgehead atoms. The molecule has 0 aliphatic carbocycles. The molecule has 3 rings (SSSR count). The lowest BCUT2D eigenvalue weighted by molar-refractivity contribution is 0.0929. The van der Waals surface area contributed by atoms with E-state index in [1.54, 1.807) is 11.7 Å². The Morgan fingerprint density at radius 3 is 2.47 bits per heavy atom. The molecule has 1 atom stereocenters. The van der Waals surface area contributed by atoms with Crippen LogP contribution in [0, 0.1) is 17.6 Å². The number of benzene rings is 2. The van der Waals surface area contributed by atoms with Gasteiger partial charge in [-0.2, -0.15) is 5.10 Å². The first-order chi connectivity index (χ1) is 16.3. The van der Waals surface area contributed by atoms with E-state index in [1.807, 2.05) is 30.3 Å². The molecule has 0 saturated heterocycles. The maximum Gasteiger partial charge on any atom is 0.222 e. The summed E-state index contributed by atoms with van der Waals surface area (Å²) in [4.78, 5) is 2.20. The number of ether oxygens (including phenoxy) is 1. The Bertz CT molecular complexity index is 1050. The molecular formula is C27H35F2N3O2. The van der Waals surface area contributed by atoms with Gasteiger partial charge in [0.2, 0.25) is 5.88 Å². The topological polar surface area (TPSA) is 50.5 Å². The SMILES string of the molecule is CCCC[C@@H](O)CN(Cc1c(-c2ccccc2)nn(C)c1Oc1ccc(F)cc1F)CC(C)C. The van der Waals surface area contributed by atoms with Gasteiger partial charge in [0.1, 0.15) is 11.5 Å². The predicted octanol–water partition coefficient (Wildman–Crippen LogP) is 6.17. The van der Waals surface area contributed by atoms with Gasteiger partial charge in [0.15, 0.2) is 11.6 Å². The molecule has 5 nitrogen and oxygen atoms in total. The van der Waals surface area contributed by atoms with Crippen LogP contribution in [0.3, 0.4) is 0 Å². The summed E-state index contributed by atoms with van der Waals surface area (Å²) < 4.78 is 35.4. The van der Waals surface area contributed by atoms with Gasteiger partial charge >= 0.3 is 0 Å². The van der Waals surface area contributed by atoms with Crippen LogP contribution in [0.15, 0.2) is 48.5 Å². The smallest absolute Gasteiger partial charge is 0.222 e. The number of rotatable bonds is 12. The van der Waals surface area contributed by atoms with E-state index >= 15 is 0 Å². The van der Waals surface area contributed by atoms with Gasteiger partial charge in [0.05, 0.1) is 11.7 Å². The van der Waals surface area contributed by atoms with Gasteiger partial charge in [-0.25, -0.2) is 13.5 Å². The van der Waals surface area contributed by atoms with Crippen molar-refractivity contribution in [1.29, 1.82) is 0 Å². The summed E-state index contributed by atoms with van der Waals surface area (Å²) in [5.74, 6) is -0.731. The Kier molecular flexibility index (Phi) is 9.19. The second-order valence-corrected chi connectivity index (χ2v) is 9.18. The number of nitrogens with zero attached hydrogens (tertiary/aromatic N) is 3. The van der Waals surface area contributed by atoms with Crippen molar-refractivity contribution in [1.82, 2.24) is 14.7 Å². The number of aromatic nitrogens is 2. The molecular weight excluding hydrogens is 436 g/mol. The molecule has 7 heteroatoms. The van der Waals surface area contributed by atoms with Gasteiger partial charge in [-0.15, -0.1) is 0 Å². The molecule has 0 radical (unpaired) electrons. The summed E-state index contributed by atoms with van der Waals surface area (Å²) in [5.41, 5.74) is 2.44. The molecule has 0 unspecified atom stereocenters. The van der Waals surface area contributed by atoms with E-state index in [0.29, 0.717) is 24.9 Å². The van der Waals surface area contributed by atoms with Gasteiger partial charge in [0.25, 0.3) is 0 Å². The van der Waals surface area contributed by atoms with Crippen LogP contribution in [0.2, 0.25) is 0 Å². The zero-order chi connectivity index (χ0) is 24.7. The molecule has 1 aromatic heterocycles. The highest BCUT2D eigenvalue weighted by molar-refractivity contribution is 5.65. The highest BCUT2D eigenvalue weighted by Gasteiger charge is 2.24. The monoisotopic (exact) mass is 471 g/mol. The fraction of sp³-hybridized carbons (Fsp3) is 0.444. The van der Waals surface area contributed by atoms with Gasteiger partial charge in [-0.3, -0.25) is 4.90 Å². The number of halogens is 2. The van der Waals surface area contributed by atoms with E-state index in [-0.39, 0.29) is 5.75 Å². The number of hydrogen-bond acceptors (Lipinski definition) is 4. The minimum absolute atomic E-state index is 0.0661.